The average molecular weight is 332 g/mol. The van der Waals surface area contributed by atoms with E-state index in [0.717, 1.165) is 32.8 Å². The Morgan fingerprint density at radius 2 is 2.00 bits per heavy atom. The number of carbonyl (C=O) groups excluding carboxylic acids is 2. The minimum atomic E-state index is -0.505. The van der Waals surface area contributed by atoms with Crippen LogP contribution in [0.15, 0.2) is 18.2 Å². The zero-order valence-corrected chi connectivity index (χ0v) is 14.3. The minimum Gasteiger partial charge on any atom is -0.479 e. The number of Topliss-reactive ketones (excluding diaryl/α,β-unsaturated/α-hetero) is 1. The monoisotopic (exact) mass is 332 g/mol. The fourth-order valence-electron chi connectivity index (χ4n) is 3.08. The summed E-state index contributed by atoms with van der Waals surface area (Å²) in [6.07, 6.45) is -0.0625. The number of benzene rings is 1. The third kappa shape index (κ3) is 3.44. The highest BCUT2D eigenvalue weighted by Crippen LogP contribution is 2.35. The van der Waals surface area contributed by atoms with Gasteiger partial charge in [0.05, 0.1) is 18.9 Å². The Kier molecular flexibility index (Phi) is 5.16. The Balaban J connectivity index is 1.81. The first kappa shape index (κ1) is 16.9. The quantitative estimate of drug-likeness (QED) is 0.769. The van der Waals surface area contributed by atoms with Crippen molar-refractivity contribution in [2.75, 3.05) is 44.3 Å². The van der Waals surface area contributed by atoms with Gasteiger partial charge in [0.15, 0.2) is 11.9 Å². The molecule has 2 aliphatic heterocycles. The molecule has 1 aromatic carbocycles. The molecule has 1 unspecified atom stereocenters. The second-order valence-corrected chi connectivity index (χ2v) is 6.16. The maximum atomic E-state index is 12.6. The van der Waals surface area contributed by atoms with Gasteiger partial charge in [-0.25, -0.2) is 0 Å². The van der Waals surface area contributed by atoms with Gasteiger partial charge in [0, 0.05) is 38.2 Å². The van der Waals surface area contributed by atoms with Gasteiger partial charge in [0.1, 0.15) is 5.75 Å². The topological polar surface area (TPSA) is 59.1 Å². The number of amides is 1. The van der Waals surface area contributed by atoms with Crippen molar-refractivity contribution in [1.82, 2.24) is 4.90 Å². The number of fused-ring (bicyclic) bond motifs is 1. The van der Waals surface area contributed by atoms with Crippen LogP contribution in [-0.4, -0.2) is 62.1 Å². The van der Waals surface area contributed by atoms with E-state index in [2.05, 4.69) is 4.90 Å². The molecule has 0 radical (unpaired) electrons. The molecule has 0 saturated carbocycles. The van der Waals surface area contributed by atoms with Crippen molar-refractivity contribution in [1.29, 1.82) is 0 Å². The molecule has 2 aliphatic rings. The predicted octanol–water partition coefficient (Wildman–Crippen LogP) is 1.73. The van der Waals surface area contributed by atoms with E-state index >= 15 is 0 Å². The molecule has 6 heteroatoms. The molecule has 1 fully saturated rings. The van der Waals surface area contributed by atoms with Crippen LogP contribution in [-0.2, 0) is 9.53 Å². The molecular formula is C18H24N2O4. The molecule has 1 saturated heterocycles. The van der Waals surface area contributed by atoms with Crippen molar-refractivity contribution < 1.29 is 19.1 Å². The zero-order chi connectivity index (χ0) is 17.1. The Morgan fingerprint density at radius 1 is 1.25 bits per heavy atom. The van der Waals surface area contributed by atoms with E-state index in [0.29, 0.717) is 30.0 Å². The fourth-order valence-corrected chi connectivity index (χ4v) is 3.08. The van der Waals surface area contributed by atoms with Gasteiger partial charge in [-0.1, -0.05) is 6.92 Å². The van der Waals surface area contributed by atoms with E-state index in [1.807, 2.05) is 6.92 Å². The lowest BCUT2D eigenvalue weighted by atomic mass is 10.1. The molecule has 0 bridgehead atoms. The van der Waals surface area contributed by atoms with E-state index < -0.39 is 6.10 Å². The maximum absolute atomic E-state index is 12.6. The number of rotatable bonds is 5. The Labute approximate surface area is 142 Å². The summed E-state index contributed by atoms with van der Waals surface area (Å²) < 4.78 is 11.1. The van der Waals surface area contributed by atoms with Crippen molar-refractivity contribution in [3.05, 3.63) is 23.8 Å². The molecule has 6 nitrogen and oxygen atoms in total. The molecule has 1 aromatic rings. The first-order chi connectivity index (χ1) is 11.6. The minimum absolute atomic E-state index is 0.0585. The van der Waals surface area contributed by atoms with E-state index in [1.54, 1.807) is 30.0 Å². The lowest BCUT2D eigenvalue weighted by Gasteiger charge is -2.35. The molecule has 0 aliphatic carbocycles. The molecule has 1 atom stereocenters. The highest BCUT2D eigenvalue weighted by atomic mass is 16.5. The predicted molar refractivity (Wildman–Crippen MR) is 90.8 cm³/mol. The van der Waals surface area contributed by atoms with Crippen molar-refractivity contribution >= 4 is 17.4 Å². The number of carbonyl (C=O) groups is 2. The third-order valence-corrected chi connectivity index (χ3v) is 4.55. The summed E-state index contributed by atoms with van der Waals surface area (Å²) in [5.41, 5.74) is 1.32. The number of anilines is 1. The Hall–Kier alpha value is -1.92. The summed E-state index contributed by atoms with van der Waals surface area (Å²) in [6.45, 7) is 8.21. The van der Waals surface area contributed by atoms with Crippen molar-refractivity contribution in [2.45, 2.75) is 26.4 Å². The van der Waals surface area contributed by atoms with Gasteiger partial charge in [0.2, 0.25) is 0 Å². The fraction of sp³-hybridized carbons (Fsp3) is 0.556. The van der Waals surface area contributed by atoms with Crippen molar-refractivity contribution in [3.63, 3.8) is 0 Å². The molecule has 2 heterocycles. The van der Waals surface area contributed by atoms with Gasteiger partial charge in [-0.15, -0.1) is 0 Å². The summed E-state index contributed by atoms with van der Waals surface area (Å²) in [7, 11) is 0. The summed E-state index contributed by atoms with van der Waals surface area (Å²) in [4.78, 5) is 28.6. The summed E-state index contributed by atoms with van der Waals surface area (Å²) in [5, 5.41) is 0. The molecule has 1 amide bonds. The second kappa shape index (κ2) is 7.32. The van der Waals surface area contributed by atoms with E-state index in [4.69, 9.17) is 9.47 Å². The number of morpholine rings is 1. The maximum Gasteiger partial charge on any atom is 0.267 e. The van der Waals surface area contributed by atoms with Gasteiger partial charge in [-0.05, 0) is 25.1 Å². The SMILES string of the molecule is CCC(=O)c1ccc2c(c1)N(CCN1CCOCC1)C(=O)C(C)O2. The number of ether oxygens (including phenoxy) is 2. The summed E-state index contributed by atoms with van der Waals surface area (Å²) >= 11 is 0. The average Bonchev–Trinajstić information content (AvgIpc) is 2.62. The third-order valence-electron chi connectivity index (χ3n) is 4.55. The van der Waals surface area contributed by atoms with Gasteiger partial charge < -0.3 is 14.4 Å². The van der Waals surface area contributed by atoms with Gasteiger partial charge in [0.25, 0.3) is 5.91 Å². The molecule has 3 rings (SSSR count). The Morgan fingerprint density at radius 3 is 2.71 bits per heavy atom. The molecule has 0 aromatic heterocycles. The first-order valence-corrected chi connectivity index (χ1v) is 8.55. The van der Waals surface area contributed by atoms with Crippen LogP contribution >= 0.6 is 0 Å². The van der Waals surface area contributed by atoms with Crippen LogP contribution in [0.1, 0.15) is 30.6 Å². The van der Waals surface area contributed by atoms with Crippen LogP contribution in [0.3, 0.4) is 0 Å². The summed E-state index contributed by atoms with van der Waals surface area (Å²) in [6, 6.07) is 5.35. The van der Waals surface area contributed by atoms with E-state index in [1.165, 1.54) is 0 Å². The van der Waals surface area contributed by atoms with Gasteiger partial charge in [-0.2, -0.15) is 0 Å². The van der Waals surface area contributed by atoms with Crippen LogP contribution in [0, 0.1) is 0 Å². The highest BCUT2D eigenvalue weighted by molar-refractivity contribution is 6.02. The van der Waals surface area contributed by atoms with Crippen LogP contribution < -0.4 is 9.64 Å². The van der Waals surface area contributed by atoms with Gasteiger partial charge in [-0.3, -0.25) is 14.5 Å². The van der Waals surface area contributed by atoms with Crippen LogP contribution in [0.2, 0.25) is 0 Å². The van der Waals surface area contributed by atoms with E-state index in [9.17, 15) is 9.59 Å². The Bertz CT molecular complexity index is 625. The molecule has 130 valence electrons. The number of nitrogens with zero attached hydrogens (tertiary/aromatic N) is 2. The number of ketones is 1. The van der Waals surface area contributed by atoms with Crippen LogP contribution in [0.5, 0.6) is 5.75 Å². The molecular weight excluding hydrogens is 308 g/mol. The number of hydrogen-bond donors (Lipinski definition) is 0. The standard InChI is InChI=1S/C18H24N2O4/c1-3-16(21)14-4-5-17-15(12-14)20(18(22)13(2)24-17)7-6-19-8-10-23-11-9-19/h4-5,12-13H,3,6-11H2,1-2H3. The molecule has 0 spiro atoms. The normalized spacial score (nSPS) is 21.3. The van der Waals surface area contributed by atoms with Crippen LogP contribution in [0.25, 0.3) is 0 Å². The highest BCUT2D eigenvalue weighted by Gasteiger charge is 2.32. The second-order valence-electron chi connectivity index (χ2n) is 6.16. The first-order valence-electron chi connectivity index (χ1n) is 8.55. The molecule has 24 heavy (non-hydrogen) atoms. The van der Waals surface area contributed by atoms with Gasteiger partial charge >= 0.3 is 0 Å². The lowest BCUT2D eigenvalue weighted by Crippen LogP contribution is -2.48. The summed E-state index contributed by atoms with van der Waals surface area (Å²) in [5.74, 6) is 0.672. The van der Waals surface area contributed by atoms with Crippen molar-refractivity contribution in [3.8, 4) is 5.75 Å². The smallest absolute Gasteiger partial charge is 0.267 e. The lowest BCUT2D eigenvalue weighted by molar-refractivity contribution is -0.125. The largest absolute Gasteiger partial charge is 0.479 e. The van der Waals surface area contributed by atoms with Crippen molar-refractivity contribution in [2.24, 2.45) is 0 Å². The molecule has 0 N–H and O–H groups in total. The van der Waals surface area contributed by atoms with Crippen LogP contribution in [0.4, 0.5) is 5.69 Å². The number of hydrogen-bond acceptors (Lipinski definition) is 5. The van der Waals surface area contributed by atoms with E-state index in [-0.39, 0.29) is 11.7 Å². The zero-order valence-electron chi connectivity index (χ0n) is 14.3.